The third-order valence-electron chi connectivity index (χ3n) is 4.95. The molecule has 0 aliphatic heterocycles. The first kappa shape index (κ1) is 26.2. The van der Waals surface area contributed by atoms with Gasteiger partial charge in [-0.2, -0.15) is 0 Å². The molecule has 0 saturated carbocycles. The fraction of sp³-hybridized carbons (Fsp3) is 0.161. The van der Waals surface area contributed by atoms with Gasteiger partial charge in [0.15, 0.2) is 0 Å². The van der Waals surface area contributed by atoms with Crippen molar-refractivity contribution >= 4 is 10.8 Å². The van der Waals surface area contributed by atoms with Crippen molar-refractivity contribution in [1.82, 2.24) is 0 Å². The van der Waals surface area contributed by atoms with Crippen LogP contribution in [0.5, 0.6) is 17.2 Å². The van der Waals surface area contributed by atoms with Gasteiger partial charge < -0.3 is 23.7 Å². The molecule has 4 aromatic rings. The summed E-state index contributed by atoms with van der Waals surface area (Å²) in [5.74, 6) is 2.40. The van der Waals surface area contributed by atoms with Crippen molar-refractivity contribution in [3.8, 4) is 17.2 Å². The number of ether oxygens (including phenoxy) is 5. The van der Waals surface area contributed by atoms with Crippen LogP contribution in [0.3, 0.4) is 0 Å². The SMILES string of the molecule is C=COCCOc1cccc(OCCOC=C)c1.c1ccc(COc2ccc3ccccc3c2)cc1. The Labute approximate surface area is 213 Å². The molecule has 0 spiro atoms. The molecule has 0 heterocycles. The smallest absolute Gasteiger partial charge is 0.123 e. The van der Waals surface area contributed by atoms with Gasteiger partial charge in [-0.1, -0.05) is 79.9 Å². The van der Waals surface area contributed by atoms with Crippen LogP contribution in [0.2, 0.25) is 0 Å². The van der Waals surface area contributed by atoms with Crippen LogP contribution in [0.4, 0.5) is 0 Å². The summed E-state index contributed by atoms with van der Waals surface area (Å²) in [7, 11) is 0. The average Bonchev–Trinajstić information content (AvgIpc) is 2.93. The second-order valence-electron chi connectivity index (χ2n) is 7.53. The molecule has 0 atom stereocenters. The zero-order valence-electron chi connectivity index (χ0n) is 20.4. The summed E-state index contributed by atoms with van der Waals surface area (Å²) in [6.07, 6.45) is 2.78. The predicted octanol–water partition coefficient (Wildman–Crippen LogP) is 7.18. The Balaban J connectivity index is 0.000000201. The first-order valence-electron chi connectivity index (χ1n) is 11.7. The van der Waals surface area contributed by atoms with Crippen molar-refractivity contribution in [3.63, 3.8) is 0 Å². The molecule has 4 aromatic carbocycles. The fourth-order valence-electron chi connectivity index (χ4n) is 3.23. The summed E-state index contributed by atoms with van der Waals surface area (Å²) in [4.78, 5) is 0. The predicted molar refractivity (Wildman–Crippen MR) is 144 cm³/mol. The Bertz CT molecular complexity index is 1160. The molecule has 186 valence electrons. The maximum atomic E-state index is 5.80. The van der Waals surface area contributed by atoms with Gasteiger partial charge in [0.25, 0.3) is 0 Å². The van der Waals surface area contributed by atoms with Gasteiger partial charge in [0.2, 0.25) is 0 Å². The lowest BCUT2D eigenvalue weighted by Gasteiger charge is -2.09. The van der Waals surface area contributed by atoms with Gasteiger partial charge in [-0.15, -0.1) is 0 Å². The molecular weight excluding hydrogens is 452 g/mol. The van der Waals surface area contributed by atoms with E-state index in [1.165, 1.54) is 28.9 Å². The lowest BCUT2D eigenvalue weighted by molar-refractivity contribution is 0.174. The highest BCUT2D eigenvalue weighted by atomic mass is 16.5. The van der Waals surface area contributed by atoms with Gasteiger partial charge in [-0.05, 0) is 40.6 Å². The maximum absolute atomic E-state index is 5.80. The van der Waals surface area contributed by atoms with Gasteiger partial charge in [-0.25, -0.2) is 0 Å². The lowest BCUT2D eigenvalue weighted by Crippen LogP contribution is -2.05. The first-order chi connectivity index (χ1) is 17.8. The van der Waals surface area contributed by atoms with Crippen molar-refractivity contribution in [1.29, 1.82) is 0 Å². The van der Waals surface area contributed by atoms with E-state index in [1.807, 2.05) is 60.7 Å². The van der Waals surface area contributed by atoms with Gasteiger partial charge in [-0.3, -0.25) is 0 Å². The van der Waals surface area contributed by atoms with Crippen LogP contribution >= 0.6 is 0 Å². The fourth-order valence-corrected chi connectivity index (χ4v) is 3.23. The van der Waals surface area contributed by atoms with E-state index in [1.54, 1.807) is 0 Å². The molecule has 0 aliphatic carbocycles. The molecule has 0 unspecified atom stereocenters. The minimum atomic E-state index is 0.467. The van der Waals surface area contributed by atoms with Crippen LogP contribution in [-0.4, -0.2) is 26.4 Å². The van der Waals surface area contributed by atoms with E-state index in [4.69, 9.17) is 23.7 Å². The summed E-state index contributed by atoms with van der Waals surface area (Å²) < 4.78 is 26.7. The van der Waals surface area contributed by atoms with Gasteiger partial charge >= 0.3 is 0 Å². The summed E-state index contributed by atoms with van der Waals surface area (Å²) in [6.45, 7) is 9.40. The van der Waals surface area contributed by atoms with Gasteiger partial charge in [0.05, 0.1) is 12.5 Å². The maximum Gasteiger partial charge on any atom is 0.123 e. The molecular formula is C31H32O5. The Morgan fingerprint density at radius 2 is 1.08 bits per heavy atom. The van der Waals surface area contributed by atoms with Crippen LogP contribution in [0.1, 0.15) is 5.56 Å². The van der Waals surface area contributed by atoms with Gasteiger partial charge in [0, 0.05) is 6.07 Å². The summed E-state index contributed by atoms with van der Waals surface area (Å²) >= 11 is 0. The molecule has 36 heavy (non-hydrogen) atoms. The number of hydrogen-bond donors (Lipinski definition) is 0. The van der Waals surface area contributed by atoms with E-state index in [-0.39, 0.29) is 0 Å². The monoisotopic (exact) mass is 484 g/mol. The minimum Gasteiger partial charge on any atom is -0.498 e. The highest BCUT2D eigenvalue weighted by Gasteiger charge is 1.99. The van der Waals surface area contributed by atoms with Crippen molar-refractivity contribution < 1.29 is 23.7 Å². The van der Waals surface area contributed by atoms with Crippen LogP contribution in [0.25, 0.3) is 10.8 Å². The van der Waals surface area contributed by atoms with E-state index in [0.29, 0.717) is 33.0 Å². The van der Waals surface area contributed by atoms with E-state index < -0.39 is 0 Å². The molecule has 0 aliphatic rings. The van der Waals surface area contributed by atoms with E-state index in [0.717, 1.165) is 17.2 Å². The molecule has 0 fully saturated rings. The van der Waals surface area contributed by atoms with Crippen LogP contribution in [0, 0.1) is 0 Å². The molecule has 0 bridgehead atoms. The van der Waals surface area contributed by atoms with E-state index >= 15 is 0 Å². The quantitative estimate of drug-likeness (QED) is 0.149. The van der Waals surface area contributed by atoms with E-state index in [9.17, 15) is 0 Å². The topological polar surface area (TPSA) is 46.2 Å². The Kier molecular flexibility index (Phi) is 11.3. The number of rotatable bonds is 13. The second kappa shape index (κ2) is 15.5. The molecule has 0 amide bonds. The van der Waals surface area contributed by atoms with Crippen molar-refractivity contribution in [2.24, 2.45) is 0 Å². The van der Waals surface area contributed by atoms with Crippen LogP contribution in [-0.2, 0) is 16.1 Å². The van der Waals surface area contributed by atoms with Crippen molar-refractivity contribution in [2.75, 3.05) is 26.4 Å². The Morgan fingerprint density at radius 1 is 0.500 bits per heavy atom. The second-order valence-corrected chi connectivity index (χ2v) is 7.53. The van der Waals surface area contributed by atoms with Crippen molar-refractivity contribution in [2.45, 2.75) is 6.61 Å². The molecule has 4 rings (SSSR count). The number of hydrogen-bond acceptors (Lipinski definition) is 5. The average molecular weight is 485 g/mol. The van der Waals surface area contributed by atoms with Gasteiger partial charge in [0.1, 0.15) is 50.3 Å². The highest BCUT2D eigenvalue weighted by molar-refractivity contribution is 5.83. The third kappa shape index (κ3) is 9.47. The third-order valence-corrected chi connectivity index (χ3v) is 4.95. The normalized spacial score (nSPS) is 9.89. The molecule has 0 N–H and O–H groups in total. The zero-order valence-corrected chi connectivity index (χ0v) is 20.4. The highest BCUT2D eigenvalue weighted by Crippen LogP contribution is 2.21. The molecule has 0 aromatic heterocycles. The molecule has 5 nitrogen and oxygen atoms in total. The Hall–Kier alpha value is -4.38. The molecule has 0 radical (unpaired) electrons. The standard InChI is InChI=1S/C17H14O.C14H18O4/c1-2-6-14(7-3-1)13-18-17-11-10-15-8-4-5-9-16(15)12-17;1-3-15-8-10-17-13-6-5-7-14(12-13)18-11-9-16-4-2/h1-12H,13H2;3-7,12H,1-2,8-11H2. The number of benzene rings is 4. The Morgan fingerprint density at radius 3 is 1.72 bits per heavy atom. The minimum absolute atomic E-state index is 0.467. The zero-order chi connectivity index (χ0) is 25.3. The summed E-state index contributed by atoms with van der Waals surface area (Å²) in [6, 6.07) is 32.1. The molecule has 0 saturated heterocycles. The van der Waals surface area contributed by atoms with Crippen LogP contribution < -0.4 is 14.2 Å². The van der Waals surface area contributed by atoms with Crippen molar-refractivity contribution in [3.05, 3.63) is 128 Å². The largest absolute Gasteiger partial charge is 0.498 e. The lowest BCUT2D eigenvalue weighted by atomic mass is 10.1. The van der Waals surface area contributed by atoms with Crippen LogP contribution in [0.15, 0.2) is 123 Å². The summed E-state index contributed by atoms with van der Waals surface area (Å²) in [5, 5.41) is 2.45. The number of fused-ring (bicyclic) bond motifs is 1. The summed E-state index contributed by atoms with van der Waals surface area (Å²) in [5.41, 5.74) is 1.19. The molecule has 5 heteroatoms. The van der Waals surface area contributed by atoms with E-state index in [2.05, 4.69) is 49.6 Å². The first-order valence-corrected chi connectivity index (χ1v) is 11.7.